The van der Waals surface area contributed by atoms with Crippen molar-refractivity contribution in [1.29, 1.82) is 0 Å². The SMILES string of the molecule is CC(=O)Nc1ccc(CNC(=O)CN(C)C[C@H]2CCCCO2)cc1. The lowest BCUT2D eigenvalue weighted by molar-refractivity contribution is -0.122. The molecule has 1 aromatic carbocycles. The molecule has 1 atom stereocenters. The second-order valence-electron chi connectivity index (χ2n) is 6.34. The van der Waals surface area contributed by atoms with E-state index in [1.165, 1.54) is 13.3 Å². The summed E-state index contributed by atoms with van der Waals surface area (Å²) in [6.07, 6.45) is 3.67. The molecule has 1 aromatic rings. The van der Waals surface area contributed by atoms with Crippen LogP contribution in [-0.4, -0.2) is 49.6 Å². The quantitative estimate of drug-likeness (QED) is 0.798. The van der Waals surface area contributed by atoms with Gasteiger partial charge in [0.15, 0.2) is 0 Å². The van der Waals surface area contributed by atoms with Crippen LogP contribution in [0.1, 0.15) is 31.7 Å². The number of carbonyl (C=O) groups excluding carboxylic acids is 2. The van der Waals surface area contributed by atoms with Gasteiger partial charge in [-0.05, 0) is 44.0 Å². The molecule has 0 saturated carbocycles. The average Bonchev–Trinajstić information content (AvgIpc) is 2.54. The van der Waals surface area contributed by atoms with Gasteiger partial charge in [-0.2, -0.15) is 0 Å². The summed E-state index contributed by atoms with van der Waals surface area (Å²) >= 11 is 0. The molecule has 0 unspecified atom stereocenters. The first-order valence-electron chi connectivity index (χ1n) is 8.46. The summed E-state index contributed by atoms with van der Waals surface area (Å²) in [6, 6.07) is 7.45. The van der Waals surface area contributed by atoms with Crippen molar-refractivity contribution >= 4 is 17.5 Å². The molecule has 6 nitrogen and oxygen atoms in total. The van der Waals surface area contributed by atoms with E-state index in [1.54, 1.807) is 0 Å². The number of carbonyl (C=O) groups is 2. The Kier molecular flexibility index (Phi) is 7.21. The maximum atomic E-state index is 12.0. The number of benzene rings is 1. The molecule has 2 rings (SSSR count). The van der Waals surface area contributed by atoms with Gasteiger partial charge in [0, 0.05) is 32.3 Å². The first-order valence-corrected chi connectivity index (χ1v) is 8.46. The molecular weight excluding hydrogens is 306 g/mol. The fourth-order valence-corrected chi connectivity index (χ4v) is 2.77. The van der Waals surface area contributed by atoms with Gasteiger partial charge in [0.2, 0.25) is 11.8 Å². The standard InChI is InChI=1S/C18H27N3O3/c1-14(22)20-16-8-6-15(7-9-16)11-19-18(23)13-21(2)12-17-5-3-4-10-24-17/h6-9,17H,3-5,10-13H2,1-2H3,(H,19,23)(H,20,22)/t17-/m1/s1. The first-order chi connectivity index (χ1) is 11.5. The number of hydrogen-bond acceptors (Lipinski definition) is 4. The lowest BCUT2D eigenvalue weighted by atomic mass is 10.1. The van der Waals surface area contributed by atoms with Crippen molar-refractivity contribution in [2.75, 3.05) is 32.1 Å². The summed E-state index contributed by atoms with van der Waals surface area (Å²) in [6.45, 7) is 3.94. The molecule has 1 fully saturated rings. The minimum Gasteiger partial charge on any atom is -0.377 e. The van der Waals surface area contributed by atoms with Crippen molar-refractivity contribution in [3.63, 3.8) is 0 Å². The molecule has 0 aliphatic carbocycles. The van der Waals surface area contributed by atoms with Gasteiger partial charge in [0.1, 0.15) is 0 Å². The van der Waals surface area contributed by atoms with Crippen LogP contribution in [0.3, 0.4) is 0 Å². The Balaban J connectivity index is 1.69. The van der Waals surface area contributed by atoms with Crippen LogP contribution < -0.4 is 10.6 Å². The Morgan fingerprint density at radius 1 is 1.25 bits per heavy atom. The van der Waals surface area contributed by atoms with Crippen molar-refractivity contribution in [3.8, 4) is 0 Å². The number of nitrogens with zero attached hydrogens (tertiary/aromatic N) is 1. The highest BCUT2D eigenvalue weighted by Crippen LogP contribution is 2.13. The van der Waals surface area contributed by atoms with E-state index in [9.17, 15) is 9.59 Å². The van der Waals surface area contributed by atoms with Gasteiger partial charge < -0.3 is 15.4 Å². The van der Waals surface area contributed by atoms with Gasteiger partial charge in [0.05, 0.1) is 12.6 Å². The molecule has 0 aromatic heterocycles. The topological polar surface area (TPSA) is 70.7 Å². The summed E-state index contributed by atoms with van der Waals surface area (Å²) in [5, 5.41) is 5.64. The van der Waals surface area contributed by atoms with Crippen molar-refractivity contribution in [3.05, 3.63) is 29.8 Å². The van der Waals surface area contributed by atoms with Gasteiger partial charge in [-0.3, -0.25) is 14.5 Å². The van der Waals surface area contributed by atoms with E-state index >= 15 is 0 Å². The molecule has 0 radical (unpaired) electrons. The third-order valence-corrected chi connectivity index (χ3v) is 3.97. The molecular formula is C18H27N3O3. The van der Waals surface area contributed by atoms with Crippen molar-refractivity contribution in [2.24, 2.45) is 0 Å². The zero-order valence-corrected chi connectivity index (χ0v) is 14.5. The fraction of sp³-hybridized carbons (Fsp3) is 0.556. The normalized spacial score (nSPS) is 17.5. The number of anilines is 1. The molecule has 2 amide bonds. The van der Waals surface area contributed by atoms with Gasteiger partial charge in [-0.1, -0.05) is 12.1 Å². The minimum atomic E-state index is -0.0963. The zero-order chi connectivity index (χ0) is 17.4. The van der Waals surface area contributed by atoms with Crippen molar-refractivity contribution in [1.82, 2.24) is 10.2 Å². The molecule has 1 saturated heterocycles. The highest BCUT2D eigenvalue weighted by Gasteiger charge is 2.17. The number of hydrogen-bond donors (Lipinski definition) is 2. The highest BCUT2D eigenvalue weighted by molar-refractivity contribution is 5.88. The van der Waals surface area contributed by atoms with Crippen molar-refractivity contribution in [2.45, 2.75) is 38.8 Å². The molecule has 24 heavy (non-hydrogen) atoms. The second kappa shape index (κ2) is 9.39. The summed E-state index contributed by atoms with van der Waals surface area (Å²) < 4.78 is 5.69. The first kappa shape index (κ1) is 18.4. The fourth-order valence-electron chi connectivity index (χ4n) is 2.77. The van der Waals surface area contributed by atoms with E-state index in [4.69, 9.17) is 4.74 Å². The van der Waals surface area contributed by atoms with E-state index in [0.717, 1.165) is 37.2 Å². The van der Waals surface area contributed by atoms with E-state index < -0.39 is 0 Å². The average molecular weight is 333 g/mol. The van der Waals surface area contributed by atoms with Crippen LogP contribution >= 0.6 is 0 Å². The Labute approximate surface area is 143 Å². The Bertz CT molecular complexity index is 539. The molecule has 1 heterocycles. The maximum Gasteiger partial charge on any atom is 0.234 e. The largest absolute Gasteiger partial charge is 0.377 e. The van der Waals surface area contributed by atoms with Crippen LogP contribution in [0.4, 0.5) is 5.69 Å². The number of likely N-dealkylation sites (N-methyl/N-ethyl adjacent to an activating group) is 1. The highest BCUT2D eigenvalue weighted by atomic mass is 16.5. The molecule has 1 aliphatic rings. The van der Waals surface area contributed by atoms with E-state index in [-0.39, 0.29) is 17.9 Å². The number of nitrogens with one attached hydrogen (secondary N) is 2. The van der Waals surface area contributed by atoms with Crippen LogP contribution in [0.25, 0.3) is 0 Å². The maximum absolute atomic E-state index is 12.0. The van der Waals surface area contributed by atoms with E-state index in [0.29, 0.717) is 13.1 Å². The van der Waals surface area contributed by atoms with Gasteiger partial charge >= 0.3 is 0 Å². The molecule has 6 heteroatoms. The van der Waals surface area contributed by atoms with Crippen LogP contribution in [0.2, 0.25) is 0 Å². The van der Waals surface area contributed by atoms with E-state index in [1.807, 2.05) is 36.2 Å². The summed E-state index contributed by atoms with van der Waals surface area (Å²) in [5.74, 6) is -0.0970. The van der Waals surface area contributed by atoms with Gasteiger partial charge in [-0.25, -0.2) is 0 Å². The summed E-state index contributed by atoms with van der Waals surface area (Å²) in [5.41, 5.74) is 1.75. The minimum absolute atomic E-state index is 0.000697. The molecule has 0 spiro atoms. The Hall–Kier alpha value is -1.92. The second-order valence-corrected chi connectivity index (χ2v) is 6.34. The third-order valence-electron chi connectivity index (χ3n) is 3.97. The number of amides is 2. The predicted octanol–water partition coefficient (Wildman–Crippen LogP) is 1.76. The van der Waals surface area contributed by atoms with E-state index in [2.05, 4.69) is 10.6 Å². The monoisotopic (exact) mass is 333 g/mol. The summed E-state index contributed by atoms with van der Waals surface area (Å²) in [7, 11) is 1.94. The lowest BCUT2D eigenvalue weighted by Gasteiger charge is -2.27. The van der Waals surface area contributed by atoms with Gasteiger partial charge in [0.25, 0.3) is 0 Å². The molecule has 1 aliphatic heterocycles. The Morgan fingerprint density at radius 2 is 2.00 bits per heavy atom. The zero-order valence-electron chi connectivity index (χ0n) is 14.5. The van der Waals surface area contributed by atoms with Crippen LogP contribution in [0, 0.1) is 0 Å². The summed E-state index contributed by atoms with van der Waals surface area (Å²) in [4.78, 5) is 25.0. The molecule has 0 bridgehead atoms. The lowest BCUT2D eigenvalue weighted by Crippen LogP contribution is -2.39. The predicted molar refractivity (Wildman–Crippen MR) is 93.7 cm³/mol. The molecule has 132 valence electrons. The number of rotatable bonds is 7. The van der Waals surface area contributed by atoms with Gasteiger partial charge in [-0.15, -0.1) is 0 Å². The number of ether oxygens (including phenoxy) is 1. The smallest absolute Gasteiger partial charge is 0.234 e. The van der Waals surface area contributed by atoms with Crippen LogP contribution in [0.5, 0.6) is 0 Å². The van der Waals surface area contributed by atoms with Crippen LogP contribution in [-0.2, 0) is 20.9 Å². The Morgan fingerprint density at radius 3 is 2.62 bits per heavy atom. The van der Waals surface area contributed by atoms with Crippen LogP contribution in [0.15, 0.2) is 24.3 Å². The molecule has 2 N–H and O–H groups in total. The van der Waals surface area contributed by atoms with Crippen molar-refractivity contribution < 1.29 is 14.3 Å². The third kappa shape index (κ3) is 6.68.